The lowest BCUT2D eigenvalue weighted by atomic mass is 10.1. The lowest BCUT2D eigenvalue weighted by molar-refractivity contribution is -0.139. The van der Waals surface area contributed by atoms with Gasteiger partial charge < -0.3 is 5.11 Å². The van der Waals surface area contributed by atoms with E-state index in [1.807, 2.05) is 4.72 Å². The van der Waals surface area contributed by atoms with E-state index in [0.29, 0.717) is 0 Å². The Kier molecular flexibility index (Phi) is 5.63. The summed E-state index contributed by atoms with van der Waals surface area (Å²) < 4.78 is 53.6. The van der Waals surface area contributed by atoms with Gasteiger partial charge >= 0.3 is 5.97 Å². The van der Waals surface area contributed by atoms with E-state index in [9.17, 15) is 22.0 Å². The molecule has 0 unspecified atom stereocenters. The number of aliphatic carboxylic acids is 1. The van der Waals surface area contributed by atoms with Crippen LogP contribution in [-0.4, -0.2) is 35.3 Å². The molecule has 0 saturated carbocycles. The number of hydrogen-bond donors (Lipinski definition) is 2. The van der Waals surface area contributed by atoms with Gasteiger partial charge in [-0.25, -0.2) is 17.2 Å². The minimum absolute atomic E-state index is 0.0371. The van der Waals surface area contributed by atoms with Crippen LogP contribution in [0.4, 0.5) is 8.78 Å². The molecule has 0 radical (unpaired) electrons. The topological polar surface area (TPSA) is 101 Å². The molecule has 22 heavy (non-hydrogen) atoms. The highest BCUT2D eigenvalue weighted by molar-refractivity contribution is 7.89. The van der Waals surface area contributed by atoms with Gasteiger partial charge in [0.1, 0.15) is 6.04 Å². The summed E-state index contributed by atoms with van der Waals surface area (Å²) in [6.07, 6.45) is -3.00. The number of hydrogen-bond acceptors (Lipinski definition) is 4. The van der Waals surface area contributed by atoms with E-state index in [4.69, 9.17) is 5.11 Å². The van der Waals surface area contributed by atoms with E-state index in [0.717, 1.165) is 4.68 Å². The molecule has 0 aliphatic rings. The normalized spacial score (nSPS) is 13.8. The Bertz CT molecular complexity index is 656. The number of halogens is 2. The van der Waals surface area contributed by atoms with Gasteiger partial charge in [-0.05, 0) is 19.3 Å². The summed E-state index contributed by atoms with van der Waals surface area (Å²) >= 11 is 0. The van der Waals surface area contributed by atoms with Crippen molar-refractivity contribution in [3.05, 3.63) is 11.3 Å². The molecule has 0 spiro atoms. The third-order valence-electron chi connectivity index (χ3n) is 2.99. The molecule has 1 aromatic heterocycles. The number of carbonyl (C=O) groups is 1. The van der Waals surface area contributed by atoms with E-state index in [1.165, 1.54) is 14.0 Å². The monoisotopic (exact) mass is 339 g/mol. The Morgan fingerprint density at radius 1 is 1.41 bits per heavy atom. The zero-order valence-corrected chi connectivity index (χ0v) is 13.5. The zero-order valence-electron chi connectivity index (χ0n) is 12.7. The van der Waals surface area contributed by atoms with E-state index in [-0.39, 0.29) is 18.0 Å². The Balaban J connectivity index is 3.27. The number of alkyl halides is 2. The van der Waals surface area contributed by atoms with Crippen molar-refractivity contribution in [2.24, 2.45) is 13.0 Å². The fraction of sp³-hybridized carbons (Fsp3) is 0.667. The number of nitrogens with zero attached hydrogens (tertiary/aromatic N) is 2. The minimum atomic E-state index is -4.45. The molecule has 0 bridgehead atoms. The molecule has 1 aromatic rings. The highest BCUT2D eigenvalue weighted by Crippen LogP contribution is 2.29. The standard InChI is InChI=1S/C12H19F2N3O4S/c1-6(2)5-8(12(18)19)16-22(20,21)11-9(10(13)14)7(3)15-17(11)4/h6,8,10,16H,5H2,1-4H3,(H,18,19)/t8-/m1/s1. The van der Waals surface area contributed by atoms with Gasteiger partial charge in [0.25, 0.3) is 16.4 Å². The number of carboxylic acids is 1. The van der Waals surface area contributed by atoms with Crippen LogP contribution in [0.3, 0.4) is 0 Å². The average molecular weight is 339 g/mol. The van der Waals surface area contributed by atoms with Crippen LogP contribution in [0.15, 0.2) is 5.03 Å². The smallest absolute Gasteiger partial charge is 0.321 e. The number of aromatic nitrogens is 2. The van der Waals surface area contributed by atoms with E-state index in [1.54, 1.807) is 13.8 Å². The van der Waals surface area contributed by atoms with Crippen molar-refractivity contribution in [2.45, 2.75) is 44.7 Å². The van der Waals surface area contributed by atoms with Crippen LogP contribution in [0.2, 0.25) is 0 Å². The molecule has 2 N–H and O–H groups in total. The Labute approximate surface area is 127 Å². The molecule has 1 heterocycles. The summed E-state index contributed by atoms with van der Waals surface area (Å²) in [4.78, 5) is 11.2. The van der Waals surface area contributed by atoms with E-state index in [2.05, 4.69) is 5.10 Å². The van der Waals surface area contributed by atoms with Gasteiger partial charge in [0, 0.05) is 7.05 Å². The maximum Gasteiger partial charge on any atom is 0.321 e. The fourth-order valence-corrected chi connectivity index (χ4v) is 3.74. The molecule has 0 aliphatic carbocycles. The second kappa shape index (κ2) is 6.69. The quantitative estimate of drug-likeness (QED) is 0.783. The fourth-order valence-electron chi connectivity index (χ4n) is 2.14. The number of aryl methyl sites for hydroxylation is 2. The van der Waals surface area contributed by atoms with E-state index >= 15 is 0 Å². The summed E-state index contributed by atoms with van der Waals surface area (Å²) in [7, 11) is -3.23. The van der Waals surface area contributed by atoms with Crippen LogP contribution in [0.1, 0.15) is 38.0 Å². The van der Waals surface area contributed by atoms with Crippen molar-refractivity contribution >= 4 is 16.0 Å². The molecule has 0 aromatic carbocycles. The molecule has 126 valence electrons. The summed E-state index contributed by atoms with van der Waals surface area (Å²) in [6, 6.07) is -1.40. The highest BCUT2D eigenvalue weighted by Gasteiger charge is 2.34. The van der Waals surface area contributed by atoms with E-state index < -0.39 is 39.0 Å². The van der Waals surface area contributed by atoms with Crippen molar-refractivity contribution in [1.29, 1.82) is 0 Å². The number of carboxylic acid groups (broad SMARTS) is 1. The molecule has 10 heteroatoms. The zero-order chi connectivity index (χ0) is 17.2. The number of nitrogens with one attached hydrogen (secondary N) is 1. The lowest BCUT2D eigenvalue weighted by Gasteiger charge is -2.17. The molecule has 0 aliphatic heterocycles. The van der Waals surface area contributed by atoms with Crippen molar-refractivity contribution in [3.63, 3.8) is 0 Å². The molecular weight excluding hydrogens is 320 g/mol. The summed E-state index contributed by atoms with van der Waals surface area (Å²) in [5.41, 5.74) is -0.836. The average Bonchev–Trinajstić information content (AvgIpc) is 2.63. The van der Waals surface area contributed by atoms with Crippen LogP contribution in [-0.2, 0) is 21.9 Å². The first-order valence-corrected chi connectivity index (χ1v) is 8.02. The maximum absolute atomic E-state index is 13.1. The first-order valence-electron chi connectivity index (χ1n) is 6.54. The molecule has 1 rings (SSSR count). The van der Waals surface area contributed by atoms with Gasteiger partial charge in [-0.3, -0.25) is 9.48 Å². The van der Waals surface area contributed by atoms with Crippen LogP contribution >= 0.6 is 0 Å². The third kappa shape index (κ3) is 4.01. The highest BCUT2D eigenvalue weighted by atomic mass is 32.2. The van der Waals surface area contributed by atoms with Crippen molar-refractivity contribution < 1.29 is 27.1 Å². The first-order chi connectivity index (χ1) is 9.97. The Morgan fingerprint density at radius 2 is 1.95 bits per heavy atom. The molecule has 0 amide bonds. The summed E-state index contributed by atoms with van der Waals surface area (Å²) in [6.45, 7) is 4.72. The lowest BCUT2D eigenvalue weighted by Crippen LogP contribution is -2.42. The molecule has 0 fully saturated rings. The maximum atomic E-state index is 13.1. The minimum Gasteiger partial charge on any atom is -0.480 e. The summed E-state index contributed by atoms with van der Waals surface area (Å²) in [5, 5.41) is 12.1. The van der Waals surface area contributed by atoms with Crippen LogP contribution in [0.25, 0.3) is 0 Å². The SMILES string of the molecule is Cc1nn(C)c(S(=O)(=O)N[C@H](CC(C)C)C(=O)O)c1C(F)F. The van der Waals surface area contributed by atoms with Crippen LogP contribution in [0, 0.1) is 12.8 Å². The van der Waals surface area contributed by atoms with Crippen molar-refractivity contribution in [1.82, 2.24) is 14.5 Å². The second-order valence-electron chi connectivity index (χ2n) is 5.37. The van der Waals surface area contributed by atoms with Crippen LogP contribution in [0.5, 0.6) is 0 Å². The summed E-state index contributed by atoms with van der Waals surface area (Å²) in [5.74, 6) is -1.46. The third-order valence-corrected chi connectivity index (χ3v) is 4.58. The van der Waals surface area contributed by atoms with Gasteiger partial charge in [0.05, 0.1) is 11.3 Å². The van der Waals surface area contributed by atoms with Gasteiger partial charge in [-0.2, -0.15) is 9.82 Å². The predicted molar refractivity (Wildman–Crippen MR) is 74.1 cm³/mol. The van der Waals surface area contributed by atoms with Gasteiger partial charge in [-0.15, -0.1) is 0 Å². The molecule has 0 saturated heterocycles. The molecule has 1 atom stereocenters. The largest absolute Gasteiger partial charge is 0.480 e. The van der Waals surface area contributed by atoms with Crippen molar-refractivity contribution in [3.8, 4) is 0 Å². The first kappa shape index (κ1) is 18.5. The number of rotatable bonds is 7. The second-order valence-corrected chi connectivity index (χ2v) is 7.00. The number of sulfonamides is 1. The van der Waals surface area contributed by atoms with Gasteiger partial charge in [-0.1, -0.05) is 13.8 Å². The van der Waals surface area contributed by atoms with Gasteiger partial charge in [0.15, 0.2) is 5.03 Å². The molecular formula is C12H19F2N3O4S. The molecule has 7 nitrogen and oxygen atoms in total. The Hall–Kier alpha value is -1.55. The van der Waals surface area contributed by atoms with Gasteiger partial charge in [0.2, 0.25) is 0 Å². The Morgan fingerprint density at radius 3 is 2.36 bits per heavy atom. The predicted octanol–water partition coefficient (Wildman–Crippen LogP) is 1.44. The van der Waals surface area contributed by atoms with Crippen LogP contribution < -0.4 is 4.72 Å². The van der Waals surface area contributed by atoms with Crippen molar-refractivity contribution in [2.75, 3.05) is 0 Å².